The van der Waals surface area contributed by atoms with Crippen molar-refractivity contribution in [1.82, 2.24) is 4.31 Å². The Labute approximate surface area is 162 Å². The van der Waals surface area contributed by atoms with Crippen molar-refractivity contribution in [1.29, 1.82) is 0 Å². The summed E-state index contributed by atoms with van der Waals surface area (Å²) >= 11 is 1.58. The highest BCUT2D eigenvalue weighted by Gasteiger charge is 2.34. The van der Waals surface area contributed by atoms with Gasteiger partial charge in [-0.2, -0.15) is 4.31 Å². The number of hydrogen-bond donors (Lipinski definition) is 1. The molecule has 140 valence electrons. The minimum absolute atomic E-state index is 0.112. The Morgan fingerprint density at radius 1 is 1.07 bits per heavy atom. The lowest BCUT2D eigenvalue weighted by Gasteiger charge is -2.29. The Bertz CT molecular complexity index is 1020. The molecule has 7 heteroatoms. The van der Waals surface area contributed by atoms with E-state index >= 15 is 0 Å². The van der Waals surface area contributed by atoms with Crippen molar-refractivity contribution in [2.24, 2.45) is 0 Å². The van der Waals surface area contributed by atoms with E-state index in [-0.39, 0.29) is 10.9 Å². The maximum Gasteiger partial charge on any atom is 0.243 e. The monoisotopic (exact) mass is 402 g/mol. The van der Waals surface area contributed by atoms with Crippen molar-refractivity contribution in [3.05, 3.63) is 83.0 Å². The molecule has 1 aromatic heterocycles. The molecule has 0 fully saturated rings. The van der Waals surface area contributed by atoms with E-state index in [1.54, 1.807) is 15.6 Å². The topological polar surface area (TPSA) is 49.4 Å². The molecule has 4 nitrogen and oxygen atoms in total. The van der Waals surface area contributed by atoms with E-state index in [1.807, 2.05) is 41.8 Å². The van der Waals surface area contributed by atoms with Crippen molar-refractivity contribution < 1.29 is 12.8 Å². The number of halogens is 1. The second-order valence-electron chi connectivity index (χ2n) is 6.50. The Morgan fingerprint density at radius 3 is 2.56 bits per heavy atom. The first-order valence-electron chi connectivity index (χ1n) is 8.65. The van der Waals surface area contributed by atoms with Gasteiger partial charge in [0.05, 0.1) is 9.90 Å². The zero-order valence-corrected chi connectivity index (χ0v) is 16.1. The third-order valence-electron chi connectivity index (χ3n) is 4.71. The molecular formula is C20H19FN2O2S2. The van der Waals surface area contributed by atoms with Crippen LogP contribution in [0.1, 0.15) is 11.1 Å². The second kappa shape index (κ2) is 7.42. The van der Waals surface area contributed by atoms with Crippen molar-refractivity contribution in [2.75, 3.05) is 11.9 Å². The van der Waals surface area contributed by atoms with Gasteiger partial charge in [-0.25, -0.2) is 12.8 Å². The summed E-state index contributed by atoms with van der Waals surface area (Å²) in [6.07, 6.45) is 0.600. The summed E-state index contributed by atoms with van der Waals surface area (Å²) in [6, 6.07) is 16.6. The molecule has 0 amide bonds. The Kier molecular flexibility index (Phi) is 4.99. The van der Waals surface area contributed by atoms with Crippen molar-refractivity contribution >= 4 is 26.4 Å². The molecule has 1 aliphatic heterocycles. The maximum atomic E-state index is 13.4. The van der Waals surface area contributed by atoms with Crippen LogP contribution in [0.15, 0.2) is 70.9 Å². The fourth-order valence-corrected chi connectivity index (χ4v) is 5.73. The molecule has 2 aromatic carbocycles. The standard InChI is InChI=1S/C20H19FN2O2S2/c21-17-6-8-19(9-7-17)27(24,25)23-14-16-10-11-26-20(16)22-13-18(23)12-15-4-2-1-3-5-15/h1-11,18,22H,12-14H2. The quantitative estimate of drug-likeness (QED) is 0.714. The highest BCUT2D eigenvalue weighted by Crippen LogP contribution is 2.32. The van der Waals surface area contributed by atoms with Gasteiger partial charge in [0.15, 0.2) is 0 Å². The van der Waals surface area contributed by atoms with E-state index in [0.717, 1.165) is 16.1 Å². The van der Waals surface area contributed by atoms with Crippen LogP contribution >= 0.6 is 11.3 Å². The van der Waals surface area contributed by atoms with Gasteiger partial charge in [0, 0.05) is 24.7 Å². The number of anilines is 1. The summed E-state index contributed by atoms with van der Waals surface area (Å²) in [6.45, 7) is 0.811. The van der Waals surface area contributed by atoms with E-state index in [4.69, 9.17) is 0 Å². The molecule has 4 rings (SSSR count). The van der Waals surface area contributed by atoms with E-state index < -0.39 is 15.8 Å². The third kappa shape index (κ3) is 3.76. The smallest absolute Gasteiger partial charge is 0.243 e. The number of benzene rings is 2. The third-order valence-corrected chi connectivity index (χ3v) is 7.54. The van der Waals surface area contributed by atoms with Gasteiger partial charge in [-0.15, -0.1) is 11.3 Å². The van der Waals surface area contributed by atoms with Crippen molar-refractivity contribution in [3.63, 3.8) is 0 Å². The lowest BCUT2D eigenvalue weighted by molar-refractivity contribution is 0.326. The molecular weight excluding hydrogens is 383 g/mol. The van der Waals surface area contributed by atoms with Gasteiger partial charge in [0.1, 0.15) is 5.82 Å². The Hall–Kier alpha value is -2.22. The molecule has 0 spiro atoms. The first kappa shape index (κ1) is 18.2. The van der Waals surface area contributed by atoms with E-state index in [9.17, 15) is 12.8 Å². The first-order valence-corrected chi connectivity index (χ1v) is 11.0. The van der Waals surface area contributed by atoms with Gasteiger partial charge in [-0.05, 0) is 47.7 Å². The van der Waals surface area contributed by atoms with Gasteiger partial charge in [0.25, 0.3) is 0 Å². The summed E-state index contributed by atoms with van der Waals surface area (Å²) < 4.78 is 41.6. The van der Waals surface area contributed by atoms with E-state index in [1.165, 1.54) is 24.3 Å². The van der Waals surface area contributed by atoms with Crippen LogP contribution in [0.4, 0.5) is 9.39 Å². The molecule has 1 unspecified atom stereocenters. The lowest BCUT2D eigenvalue weighted by Crippen LogP contribution is -2.43. The number of hydrogen-bond acceptors (Lipinski definition) is 4. The summed E-state index contributed by atoms with van der Waals surface area (Å²) in [5.41, 5.74) is 2.04. The average molecular weight is 403 g/mol. The van der Waals surface area contributed by atoms with Crippen molar-refractivity contribution in [3.8, 4) is 0 Å². The molecule has 3 aromatic rings. The predicted molar refractivity (Wildman–Crippen MR) is 106 cm³/mol. The van der Waals surface area contributed by atoms with Crippen LogP contribution < -0.4 is 5.32 Å². The molecule has 1 N–H and O–H groups in total. The number of nitrogens with one attached hydrogen (secondary N) is 1. The average Bonchev–Trinajstić information content (AvgIpc) is 3.04. The molecule has 27 heavy (non-hydrogen) atoms. The number of nitrogens with zero attached hydrogens (tertiary/aromatic N) is 1. The molecule has 0 radical (unpaired) electrons. The minimum Gasteiger partial charge on any atom is -0.375 e. The first-order chi connectivity index (χ1) is 13.0. The molecule has 1 atom stereocenters. The lowest BCUT2D eigenvalue weighted by atomic mass is 10.1. The Balaban J connectivity index is 1.72. The van der Waals surface area contributed by atoms with Gasteiger partial charge in [0.2, 0.25) is 10.0 Å². The predicted octanol–water partition coefficient (Wildman–Crippen LogP) is 4.11. The van der Waals surface area contributed by atoms with Crippen molar-refractivity contribution in [2.45, 2.75) is 23.9 Å². The van der Waals surface area contributed by atoms with Crippen LogP contribution in [0, 0.1) is 5.82 Å². The molecule has 0 saturated heterocycles. The van der Waals surface area contributed by atoms with Crippen LogP contribution in [0.2, 0.25) is 0 Å². The number of rotatable bonds is 4. The summed E-state index contributed by atoms with van der Waals surface area (Å²) in [5, 5.41) is 6.35. The molecule has 2 heterocycles. The highest BCUT2D eigenvalue weighted by molar-refractivity contribution is 7.89. The van der Waals surface area contributed by atoms with Gasteiger partial charge >= 0.3 is 0 Å². The van der Waals surface area contributed by atoms with Gasteiger partial charge < -0.3 is 5.32 Å². The fourth-order valence-electron chi connectivity index (χ4n) is 3.31. The normalized spacial score (nSPS) is 17.7. The van der Waals surface area contributed by atoms with Gasteiger partial charge in [-0.1, -0.05) is 30.3 Å². The minimum atomic E-state index is -3.76. The van der Waals surface area contributed by atoms with E-state index in [2.05, 4.69) is 5.32 Å². The highest BCUT2D eigenvalue weighted by atomic mass is 32.2. The molecule has 0 saturated carbocycles. The number of sulfonamides is 1. The molecule has 1 aliphatic rings. The zero-order chi connectivity index (χ0) is 18.9. The Morgan fingerprint density at radius 2 is 1.81 bits per heavy atom. The fraction of sp³-hybridized carbons (Fsp3) is 0.200. The maximum absolute atomic E-state index is 13.4. The van der Waals surface area contributed by atoms with Gasteiger partial charge in [-0.3, -0.25) is 0 Å². The summed E-state index contributed by atoms with van der Waals surface area (Å²) in [4.78, 5) is 0.112. The van der Waals surface area contributed by atoms with Crippen LogP contribution in [-0.2, 0) is 23.0 Å². The van der Waals surface area contributed by atoms with Crippen LogP contribution in [0.3, 0.4) is 0 Å². The number of fused-ring (bicyclic) bond motifs is 1. The summed E-state index contributed by atoms with van der Waals surface area (Å²) in [7, 11) is -3.76. The summed E-state index contributed by atoms with van der Waals surface area (Å²) in [5.74, 6) is -0.451. The second-order valence-corrected chi connectivity index (χ2v) is 9.31. The van der Waals surface area contributed by atoms with E-state index in [0.29, 0.717) is 19.5 Å². The van der Waals surface area contributed by atoms with Crippen LogP contribution in [0.5, 0.6) is 0 Å². The van der Waals surface area contributed by atoms with Crippen LogP contribution in [-0.4, -0.2) is 25.3 Å². The largest absolute Gasteiger partial charge is 0.375 e. The van der Waals surface area contributed by atoms with Crippen LogP contribution in [0.25, 0.3) is 0 Å². The molecule has 0 aliphatic carbocycles. The molecule has 0 bridgehead atoms. The zero-order valence-electron chi connectivity index (χ0n) is 14.5. The SMILES string of the molecule is O=S(=O)(c1ccc(F)cc1)N1Cc2ccsc2NCC1Cc1ccccc1. The number of thiophene rings is 1.